The number of nitrogens with zero attached hydrogens (tertiary/aromatic N) is 4. The SMILES string of the molecule is Cc1cnc(CNC(=O)N2CCC[C@@H]([C@@H](O)c3nccn3C)C2)s1. The average molecular weight is 349 g/mol. The summed E-state index contributed by atoms with van der Waals surface area (Å²) in [4.78, 5) is 23.8. The van der Waals surface area contributed by atoms with Crippen LogP contribution >= 0.6 is 11.3 Å². The van der Waals surface area contributed by atoms with Crippen LogP contribution < -0.4 is 5.32 Å². The van der Waals surface area contributed by atoms with Crippen LogP contribution in [-0.4, -0.2) is 43.7 Å². The van der Waals surface area contributed by atoms with Crippen LogP contribution in [0.3, 0.4) is 0 Å². The molecule has 1 fully saturated rings. The molecule has 0 saturated carbocycles. The van der Waals surface area contributed by atoms with Gasteiger partial charge in [0.05, 0.1) is 6.54 Å². The van der Waals surface area contributed by atoms with Gasteiger partial charge in [0.1, 0.15) is 16.9 Å². The number of hydrogen-bond acceptors (Lipinski definition) is 5. The van der Waals surface area contributed by atoms with Crippen molar-refractivity contribution < 1.29 is 9.90 Å². The van der Waals surface area contributed by atoms with Crippen molar-refractivity contribution in [1.29, 1.82) is 0 Å². The van der Waals surface area contributed by atoms with Crippen molar-refractivity contribution in [1.82, 2.24) is 24.8 Å². The minimum absolute atomic E-state index is 0.00714. The number of amides is 2. The topological polar surface area (TPSA) is 83.3 Å². The Balaban J connectivity index is 1.56. The number of likely N-dealkylation sites (tertiary alicyclic amines) is 1. The third-order valence-corrected chi connectivity index (χ3v) is 5.29. The first-order valence-electron chi connectivity index (χ1n) is 8.14. The van der Waals surface area contributed by atoms with Crippen LogP contribution in [0, 0.1) is 12.8 Å². The van der Waals surface area contributed by atoms with Crippen molar-refractivity contribution in [2.75, 3.05) is 13.1 Å². The van der Waals surface area contributed by atoms with E-state index in [1.54, 1.807) is 22.4 Å². The molecular weight excluding hydrogens is 326 g/mol. The zero-order valence-corrected chi connectivity index (χ0v) is 14.8. The van der Waals surface area contributed by atoms with Crippen molar-refractivity contribution in [2.45, 2.75) is 32.4 Å². The monoisotopic (exact) mass is 349 g/mol. The molecule has 0 unspecified atom stereocenters. The van der Waals surface area contributed by atoms with E-state index in [2.05, 4.69) is 15.3 Å². The Morgan fingerprint density at radius 3 is 3.04 bits per heavy atom. The highest BCUT2D eigenvalue weighted by Crippen LogP contribution is 2.28. The van der Waals surface area contributed by atoms with Crippen molar-refractivity contribution in [3.05, 3.63) is 34.3 Å². The van der Waals surface area contributed by atoms with Gasteiger partial charge in [0.2, 0.25) is 0 Å². The second-order valence-corrected chi connectivity index (χ2v) is 7.53. The molecule has 0 radical (unpaired) electrons. The largest absolute Gasteiger partial charge is 0.385 e. The molecule has 1 aliphatic rings. The highest BCUT2D eigenvalue weighted by molar-refractivity contribution is 7.11. The molecular formula is C16H23N5O2S. The summed E-state index contributed by atoms with van der Waals surface area (Å²) in [5.74, 6) is 0.660. The summed E-state index contributed by atoms with van der Waals surface area (Å²) in [7, 11) is 1.87. The summed E-state index contributed by atoms with van der Waals surface area (Å²) < 4.78 is 1.83. The summed E-state index contributed by atoms with van der Waals surface area (Å²) in [5.41, 5.74) is 0. The van der Waals surface area contributed by atoms with Crippen LogP contribution in [0.25, 0.3) is 0 Å². The molecule has 3 rings (SSSR count). The number of hydrogen-bond donors (Lipinski definition) is 2. The van der Waals surface area contributed by atoms with Crippen molar-refractivity contribution in [3.8, 4) is 0 Å². The number of aryl methyl sites for hydroxylation is 2. The summed E-state index contributed by atoms with van der Waals surface area (Å²) in [6.07, 6.45) is 6.44. The number of imidazole rings is 1. The third-order valence-electron chi connectivity index (χ3n) is 4.37. The highest BCUT2D eigenvalue weighted by atomic mass is 32.1. The quantitative estimate of drug-likeness (QED) is 0.882. The van der Waals surface area contributed by atoms with Gasteiger partial charge in [-0.2, -0.15) is 0 Å². The first kappa shape index (κ1) is 16.9. The highest BCUT2D eigenvalue weighted by Gasteiger charge is 2.31. The Morgan fingerprint density at radius 2 is 2.38 bits per heavy atom. The van der Waals surface area contributed by atoms with Crippen LogP contribution in [0.2, 0.25) is 0 Å². The molecule has 0 bridgehead atoms. The van der Waals surface area contributed by atoms with Gasteiger partial charge in [-0.1, -0.05) is 0 Å². The van der Waals surface area contributed by atoms with Gasteiger partial charge >= 0.3 is 6.03 Å². The van der Waals surface area contributed by atoms with Crippen molar-refractivity contribution in [3.63, 3.8) is 0 Å². The third kappa shape index (κ3) is 3.76. The summed E-state index contributed by atoms with van der Waals surface area (Å²) in [5, 5.41) is 14.4. The zero-order valence-electron chi connectivity index (χ0n) is 14.0. The number of carbonyl (C=O) groups is 1. The lowest BCUT2D eigenvalue weighted by molar-refractivity contribution is 0.0532. The molecule has 2 N–H and O–H groups in total. The van der Waals surface area contributed by atoms with E-state index in [4.69, 9.17) is 0 Å². The molecule has 130 valence electrons. The number of urea groups is 1. The Labute approximate surface area is 145 Å². The molecule has 7 nitrogen and oxygen atoms in total. The standard InChI is InChI=1S/C16H23N5O2S/c1-11-8-18-13(24-11)9-19-16(23)21-6-3-4-12(10-21)14(22)15-17-5-7-20(15)2/h5,7-8,12,14,22H,3-4,6,9-10H2,1-2H3,(H,19,23)/t12-,14-/m1/s1. The first-order chi connectivity index (χ1) is 11.5. The van der Waals surface area contributed by atoms with E-state index in [9.17, 15) is 9.90 Å². The summed E-state index contributed by atoms with van der Waals surface area (Å²) >= 11 is 1.59. The molecule has 0 aromatic carbocycles. The van der Waals surface area contributed by atoms with Crippen LogP contribution in [0.15, 0.2) is 18.6 Å². The molecule has 1 saturated heterocycles. The van der Waals surface area contributed by atoms with E-state index < -0.39 is 6.10 Å². The van der Waals surface area contributed by atoms with Gasteiger partial charge in [-0.25, -0.2) is 14.8 Å². The molecule has 8 heteroatoms. The van der Waals surface area contributed by atoms with E-state index >= 15 is 0 Å². The van der Waals surface area contributed by atoms with Gasteiger partial charge in [0.25, 0.3) is 0 Å². The number of carbonyl (C=O) groups excluding carboxylic acids is 1. The lowest BCUT2D eigenvalue weighted by Gasteiger charge is -2.34. The number of nitrogens with one attached hydrogen (secondary N) is 1. The lowest BCUT2D eigenvalue weighted by atomic mass is 9.92. The molecule has 0 spiro atoms. The van der Waals surface area contributed by atoms with E-state index in [1.807, 2.05) is 30.9 Å². The second-order valence-electron chi connectivity index (χ2n) is 6.21. The molecule has 2 amide bonds. The Bertz CT molecular complexity index is 698. The number of aliphatic hydroxyl groups is 1. The van der Waals surface area contributed by atoms with E-state index in [1.165, 1.54) is 0 Å². The van der Waals surface area contributed by atoms with Crippen LogP contribution in [0.1, 0.15) is 34.7 Å². The Morgan fingerprint density at radius 1 is 1.54 bits per heavy atom. The van der Waals surface area contributed by atoms with Gasteiger partial charge in [0.15, 0.2) is 0 Å². The fourth-order valence-electron chi connectivity index (χ4n) is 3.07. The maximum atomic E-state index is 12.4. The fraction of sp³-hybridized carbons (Fsp3) is 0.562. The van der Waals surface area contributed by atoms with Gasteiger partial charge < -0.3 is 19.9 Å². The minimum atomic E-state index is -0.651. The Kier molecular flexibility index (Phi) is 5.15. The summed E-state index contributed by atoms with van der Waals surface area (Å²) in [6.45, 7) is 3.70. The maximum Gasteiger partial charge on any atom is 0.317 e. The van der Waals surface area contributed by atoms with Gasteiger partial charge in [-0.15, -0.1) is 11.3 Å². The van der Waals surface area contributed by atoms with Gasteiger partial charge in [-0.3, -0.25) is 0 Å². The smallest absolute Gasteiger partial charge is 0.317 e. The average Bonchev–Trinajstić information content (AvgIpc) is 3.20. The van der Waals surface area contributed by atoms with Crippen LogP contribution in [-0.2, 0) is 13.6 Å². The molecule has 0 aliphatic carbocycles. The maximum absolute atomic E-state index is 12.4. The molecule has 2 aromatic rings. The predicted octanol–water partition coefficient (Wildman–Crippen LogP) is 1.84. The number of aromatic nitrogens is 3. The van der Waals surface area contributed by atoms with Crippen molar-refractivity contribution in [2.24, 2.45) is 13.0 Å². The Hall–Kier alpha value is -1.93. The van der Waals surface area contributed by atoms with Gasteiger partial charge in [-0.05, 0) is 19.8 Å². The predicted molar refractivity (Wildman–Crippen MR) is 91.6 cm³/mol. The summed E-state index contributed by atoms with van der Waals surface area (Å²) in [6, 6.07) is -0.0976. The molecule has 1 aliphatic heterocycles. The van der Waals surface area contributed by atoms with Crippen LogP contribution in [0.4, 0.5) is 4.79 Å². The number of aliphatic hydroxyl groups excluding tert-OH is 1. The lowest BCUT2D eigenvalue weighted by Crippen LogP contribution is -2.46. The fourth-order valence-corrected chi connectivity index (χ4v) is 3.80. The number of rotatable bonds is 4. The number of piperidine rings is 1. The van der Waals surface area contributed by atoms with Gasteiger partial charge in [0, 0.05) is 49.5 Å². The van der Waals surface area contributed by atoms with E-state index in [-0.39, 0.29) is 11.9 Å². The zero-order chi connectivity index (χ0) is 17.1. The van der Waals surface area contributed by atoms with Crippen LogP contribution in [0.5, 0.6) is 0 Å². The van der Waals surface area contributed by atoms with E-state index in [0.717, 1.165) is 22.7 Å². The molecule has 2 atom stereocenters. The molecule has 3 heterocycles. The number of thiazole rings is 1. The minimum Gasteiger partial charge on any atom is -0.385 e. The van der Waals surface area contributed by atoms with Crippen molar-refractivity contribution >= 4 is 17.4 Å². The second kappa shape index (κ2) is 7.31. The van der Waals surface area contributed by atoms with E-state index in [0.29, 0.717) is 25.5 Å². The molecule has 24 heavy (non-hydrogen) atoms. The normalized spacial score (nSPS) is 19.3. The first-order valence-corrected chi connectivity index (χ1v) is 8.95. The molecule has 2 aromatic heterocycles.